The molecule has 1 heterocycles. The molecule has 0 saturated carbocycles. The lowest BCUT2D eigenvalue weighted by Gasteiger charge is -2.51. The zero-order valence-electron chi connectivity index (χ0n) is 11.0. The second kappa shape index (κ2) is 4.62. The lowest BCUT2D eigenvalue weighted by molar-refractivity contribution is 0.104. The molecular formula is C15H22ClN. The summed E-state index contributed by atoms with van der Waals surface area (Å²) >= 11 is 6.00. The Morgan fingerprint density at radius 3 is 2.41 bits per heavy atom. The van der Waals surface area contributed by atoms with E-state index >= 15 is 0 Å². The molecule has 1 atom stereocenters. The maximum atomic E-state index is 6.00. The van der Waals surface area contributed by atoms with Gasteiger partial charge in [0.25, 0.3) is 0 Å². The van der Waals surface area contributed by atoms with Gasteiger partial charge in [-0.2, -0.15) is 0 Å². The monoisotopic (exact) mass is 251 g/mol. The first-order valence-corrected chi connectivity index (χ1v) is 6.86. The van der Waals surface area contributed by atoms with E-state index in [4.69, 9.17) is 11.6 Å². The van der Waals surface area contributed by atoms with E-state index in [-0.39, 0.29) is 10.8 Å². The van der Waals surface area contributed by atoms with Crippen molar-refractivity contribution in [1.82, 2.24) is 5.32 Å². The van der Waals surface area contributed by atoms with E-state index in [1.54, 1.807) is 0 Å². The molecule has 0 aliphatic carbocycles. The fourth-order valence-electron chi connectivity index (χ4n) is 3.37. The van der Waals surface area contributed by atoms with Gasteiger partial charge in [-0.15, -0.1) is 0 Å². The first-order valence-electron chi connectivity index (χ1n) is 6.49. The van der Waals surface area contributed by atoms with Crippen molar-refractivity contribution in [2.24, 2.45) is 5.41 Å². The predicted octanol–water partition coefficient (Wildman–Crippen LogP) is 4.01. The topological polar surface area (TPSA) is 12.0 Å². The van der Waals surface area contributed by atoms with Crippen molar-refractivity contribution >= 4 is 11.6 Å². The number of hydrogen-bond donors (Lipinski definition) is 1. The quantitative estimate of drug-likeness (QED) is 0.838. The normalized spacial score (nSPS) is 28.0. The molecule has 0 amide bonds. The SMILES string of the molecule is CCC1(c2ccc(Cl)cc2)CCNCC1(C)C. The molecule has 2 rings (SSSR count). The van der Waals surface area contributed by atoms with Crippen LogP contribution >= 0.6 is 11.6 Å². The number of halogens is 1. The van der Waals surface area contributed by atoms with E-state index < -0.39 is 0 Å². The summed E-state index contributed by atoms with van der Waals surface area (Å²) in [5, 5.41) is 4.34. The average Bonchev–Trinajstić information content (AvgIpc) is 2.30. The highest BCUT2D eigenvalue weighted by Gasteiger charge is 2.46. The van der Waals surface area contributed by atoms with Crippen LogP contribution in [0.3, 0.4) is 0 Å². The highest BCUT2D eigenvalue weighted by atomic mass is 35.5. The highest BCUT2D eigenvalue weighted by molar-refractivity contribution is 6.30. The molecule has 0 bridgehead atoms. The summed E-state index contributed by atoms with van der Waals surface area (Å²) in [5.74, 6) is 0. The van der Waals surface area contributed by atoms with E-state index in [9.17, 15) is 0 Å². The van der Waals surface area contributed by atoms with Gasteiger partial charge in [-0.05, 0) is 42.5 Å². The second-order valence-electron chi connectivity index (χ2n) is 5.75. The third kappa shape index (κ3) is 2.11. The number of benzene rings is 1. The van der Waals surface area contributed by atoms with Crippen LogP contribution < -0.4 is 5.32 Å². The molecule has 0 radical (unpaired) electrons. The van der Waals surface area contributed by atoms with Gasteiger partial charge in [0.15, 0.2) is 0 Å². The van der Waals surface area contributed by atoms with Crippen LogP contribution in [-0.4, -0.2) is 13.1 Å². The Hall–Kier alpha value is -0.530. The smallest absolute Gasteiger partial charge is 0.0406 e. The van der Waals surface area contributed by atoms with Crippen LogP contribution in [0.1, 0.15) is 39.2 Å². The molecular weight excluding hydrogens is 230 g/mol. The van der Waals surface area contributed by atoms with Crippen molar-refractivity contribution in [1.29, 1.82) is 0 Å². The Kier molecular flexibility index (Phi) is 3.51. The summed E-state index contributed by atoms with van der Waals surface area (Å²) in [6.07, 6.45) is 2.39. The van der Waals surface area contributed by atoms with Crippen LogP contribution in [-0.2, 0) is 5.41 Å². The van der Waals surface area contributed by atoms with Crippen molar-refractivity contribution in [3.63, 3.8) is 0 Å². The van der Waals surface area contributed by atoms with Gasteiger partial charge in [0.05, 0.1) is 0 Å². The van der Waals surface area contributed by atoms with E-state index in [1.807, 2.05) is 12.1 Å². The van der Waals surface area contributed by atoms with Gasteiger partial charge in [0.1, 0.15) is 0 Å². The lowest BCUT2D eigenvalue weighted by Crippen LogP contribution is -2.53. The standard InChI is InChI=1S/C15H22ClN/c1-4-15(9-10-17-11-14(15,2)3)12-5-7-13(16)8-6-12/h5-8,17H,4,9-11H2,1-3H3. The van der Waals surface area contributed by atoms with Gasteiger partial charge >= 0.3 is 0 Å². The summed E-state index contributed by atoms with van der Waals surface area (Å²) in [6, 6.07) is 8.45. The summed E-state index contributed by atoms with van der Waals surface area (Å²) < 4.78 is 0. The molecule has 2 heteroatoms. The van der Waals surface area contributed by atoms with Crippen LogP contribution in [0.5, 0.6) is 0 Å². The van der Waals surface area contributed by atoms with Crippen LogP contribution in [0.25, 0.3) is 0 Å². The molecule has 1 nitrogen and oxygen atoms in total. The molecule has 1 fully saturated rings. The zero-order valence-corrected chi connectivity index (χ0v) is 11.8. The van der Waals surface area contributed by atoms with Crippen molar-refractivity contribution in [2.45, 2.75) is 39.0 Å². The number of nitrogens with one attached hydrogen (secondary N) is 1. The molecule has 1 aliphatic rings. The molecule has 1 aromatic rings. The molecule has 1 saturated heterocycles. The van der Waals surface area contributed by atoms with Gasteiger partial charge in [0.2, 0.25) is 0 Å². The largest absolute Gasteiger partial charge is 0.316 e. The van der Waals surface area contributed by atoms with Gasteiger partial charge in [0, 0.05) is 17.0 Å². The van der Waals surface area contributed by atoms with Crippen molar-refractivity contribution in [3.05, 3.63) is 34.9 Å². The summed E-state index contributed by atoms with van der Waals surface area (Å²) in [5.41, 5.74) is 2.01. The minimum Gasteiger partial charge on any atom is -0.316 e. The third-order valence-corrected chi connectivity index (χ3v) is 4.84. The Morgan fingerprint density at radius 1 is 1.24 bits per heavy atom. The first-order chi connectivity index (χ1) is 8.02. The lowest BCUT2D eigenvalue weighted by atomic mass is 9.57. The van der Waals surface area contributed by atoms with Gasteiger partial charge < -0.3 is 5.32 Å². The summed E-state index contributed by atoms with van der Waals surface area (Å²) in [7, 11) is 0. The van der Waals surface area contributed by atoms with Crippen molar-refractivity contribution in [2.75, 3.05) is 13.1 Å². The molecule has 1 N–H and O–H groups in total. The first kappa shape index (κ1) is 12.9. The third-order valence-electron chi connectivity index (χ3n) is 4.59. The van der Waals surface area contributed by atoms with E-state index in [1.165, 1.54) is 18.4 Å². The van der Waals surface area contributed by atoms with E-state index in [0.717, 1.165) is 18.1 Å². The highest BCUT2D eigenvalue weighted by Crippen LogP contribution is 2.48. The zero-order chi connectivity index (χ0) is 12.5. The Morgan fingerprint density at radius 2 is 1.88 bits per heavy atom. The summed E-state index contributed by atoms with van der Waals surface area (Å²) in [4.78, 5) is 0. The fourth-order valence-corrected chi connectivity index (χ4v) is 3.50. The molecule has 94 valence electrons. The number of piperidine rings is 1. The van der Waals surface area contributed by atoms with Gasteiger partial charge in [-0.1, -0.05) is 44.5 Å². The maximum absolute atomic E-state index is 6.00. The van der Waals surface area contributed by atoms with E-state index in [0.29, 0.717) is 0 Å². The average molecular weight is 252 g/mol. The van der Waals surface area contributed by atoms with E-state index in [2.05, 4.69) is 38.2 Å². The second-order valence-corrected chi connectivity index (χ2v) is 6.19. The number of hydrogen-bond acceptors (Lipinski definition) is 1. The molecule has 1 aliphatic heterocycles. The fraction of sp³-hybridized carbons (Fsp3) is 0.600. The molecule has 17 heavy (non-hydrogen) atoms. The minimum absolute atomic E-state index is 0.281. The van der Waals surface area contributed by atoms with Gasteiger partial charge in [-0.25, -0.2) is 0 Å². The molecule has 0 aromatic heterocycles. The Balaban J connectivity index is 2.45. The van der Waals surface area contributed by atoms with Gasteiger partial charge in [-0.3, -0.25) is 0 Å². The van der Waals surface area contributed by atoms with Crippen LogP contribution in [0.15, 0.2) is 24.3 Å². The molecule has 0 spiro atoms. The van der Waals surface area contributed by atoms with Crippen LogP contribution in [0, 0.1) is 5.41 Å². The molecule has 1 unspecified atom stereocenters. The van der Waals surface area contributed by atoms with Crippen molar-refractivity contribution in [3.8, 4) is 0 Å². The molecule has 1 aromatic carbocycles. The van der Waals surface area contributed by atoms with Crippen LogP contribution in [0.4, 0.5) is 0 Å². The van der Waals surface area contributed by atoms with Crippen molar-refractivity contribution < 1.29 is 0 Å². The van der Waals surface area contributed by atoms with Crippen LogP contribution in [0.2, 0.25) is 5.02 Å². The minimum atomic E-state index is 0.281. The Bertz CT molecular complexity index is 382. The predicted molar refractivity (Wildman–Crippen MR) is 74.7 cm³/mol. The maximum Gasteiger partial charge on any atom is 0.0406 e. The Labute approximate surface area is 110 Å². The number of rotatable bonds is 2. The summed E-state index contributed by atoms with van der Waals surface area (Å²) in [6.45, 7) is 9.25.